The van der Waals surface area contributed by atoms with E-state index in [9.17, 15) is 10.1 Å². The van der Waals surface area contributed by atoms with Crippen molar-refractivity contribution in [1.29, 1.82) is 5.26 Å². The van der Waals surface area contributed by atoms with Crippen LogP contribution in [0, 0.1) is 32.1 Å². The number of hydrogen-bond acceptors (Lipinski definition) is 8. The smallest absolute Gasteiger partial charge is 0.379 e. The van der Waals surface area contributed by atoms with Crippen molar-refractivity contribution < 1.29 is 28.2 Å². The zero-order valence-corrected chi connectivity index (χ0v) is 26.9. The van der Waals surface area contributed by atoms with Crippen LogP contribution < -0.4 is 24.7 Å². The summed E-state index contributed by atoms with van der Waals surface area (Å²) in [5, 5.41) is 11.9. The number of methoxy groups -OCH3 is 1. The molecule has 2 heterocycles. The zero-order valence-electron chi connectivity index (χ0n) is 25.4. The van der Waals surface area contributed by atoms with E-state index in [1.54, 1.807) is 48.5 Å². The fourth-order valence-electron chi connectivity index (χ4n) is 5.49. The minimum atomic E-state index is -0.639. The summed E-state index contributed by atoms with van der Waals surface area (Å²) in [6.45, 7) is 5.95. The Bertz CT molecular complexity index is 2110. The molecule has 1 unspecified atom stereocenters. The molecule has 1 aliphatic rings. The molecule has 6 rings (SSSR count). The second kappa shape index (κ2) is 12.4. The molecule has 2 N–H and O–H groups in total. The predicted molar refractivity (Wildman–Crippen MR) is 175 cm³/mol. The summed E-state index contributed by atoms with van der Waals surface area (Å²) < 4.78 is 29.2. The first-order chi connectivity index (χ1) is 22.1. The summed E-state index contributed by atoms with van der Waals surface area (Å²) in [6, 6.07) is 21.6. The summed E-state index contributed by atoms with van der Waals surface area (Å²) in [5.74, 6) is 0.341. The van der Waals surface area contributed by atoms with Crippen molar-refractivity contribution >= 4 is 40.1 Å². The van der Waals surface area contributed by atoms with Gasteiger partial charge in [0.15, 0.2) is 11.5 Å². The molecule has 1 atom stereocenters. The van der Waals surface area contributed by atoms with Crippen molar-refractivity contribution in [3.05, 3.63) is 127 Å². The lowest BCUT2D eigenvalue weighted by Gasteiger charge is -2.27. The maximum atomic E-state index is 13.2. The lowest BCUT2D eigenvalue weighted by molar-refractivity contribution is 0.0702. The third-order valence-corrected chi connectivity index (χ3v) is 8.72. The van der Waals surface area contributed by atoms with Crippen LogP contribution in [0.4, 0.5) is 0 Å². The SMILES string of the molecule is COc1cc(C2C(C#N)=C(N)Oc3cc(OC(=O)c4oc5c(C)c(C)ccc5c4C)ccc32)ccc1OCc1ccc(Cl)cc1Cl. The van der Waals surface area contributed by atoms with E-state index in [2.05, 4.69) is 6.07 Å². The fraction of sp³-hybridized carbons (Fsp3) is 0.167. The van der Waals surface area contributed by atoms with Crippen LogP contribution in [0.1, 0.15) is 49.9 Å². The number of benzene rings is 4. The number of aryl methyl sites for hydroxylation is 3. The molecule has 0 bridgehead atoms. The first-order valence-electron chi connectivity index (χ1n) is 14.3. The Hall–Kier alpha value is -5.10. The number of halogens is 2. The van der Waals surface area contributed by atoms with Gasteiger partial charge in [-0.3, -0.25) is 0 Å². The summed E-state index contributed by atoms with van der Waals surface area (Å²) >= 11 is 12.3. The maximum Gasteiger partial charge on any atom is 0.379 e. The molecule has 10 heteroatoms. The number of nitriles is 1. The van der Waals surface area contributed by atoms with E-state index >= 15 is 0 Å². The van der Waals surface area contributed by atoms with Gasteiger partial charge in [-0.15, -0.1) is 0 Å². The number of ether oxygens (including phenoxy) is 4. The van der Waals surface area contributed by atoms with E-state index in [0.29, 0.717) is 49.6 Å². The number of carbonyl (C=O) groups is 1. The zero-order chi connectivity index (χ0) is 32.7. The third-order valence-electron chi connectivity index (χ3n) is 8.13. The molecular formula is C36H28Cl2N2O6. The standard InChI is InChI=1S/C36H28Cl2N2O6/c1-18-5-10-25-20(3)34(46-33(25)19(18)2)36(41)44-24-9-11-26-30(15-24)45-35(40)27(16-39)32(26)21-7-12-29(31(13-21)42-4)43-17-22-6-8-23(37)14-28(22)38/h5-15,32H,17,40H2,1-4H3. The molecule has 232 valence electrons. The van der Waals surface area contributed by atoms with E-state index in [1.165, 1.54) is 7.11 Å². The highest BCUT2D eigenvalue weighted by Gasteiger charge is 2.32. The number of furan rings is 1. The number of esters is 1. The van der Waals surface area contributed by atoms with Crippen molar-refractivity contribution in [2.75, 3.05) is 7.11 Å². The average Bonchev–Trinajstić information content (AvgIpc) is 3.38. The van der Waals surface area contributed by atoms with E-state index in [4.69, 9.17) is 52.3 Å². The summed E-state index contributed by atoms with van der Waals surface area (Å²) in [6.07, 6.45) is 0. The Kier molecular flexibility index (Phi) is 8.30. The first kappa shape index (κ1) is 30.9. The molecule has 4 aromatic carbocycles. The number of nitrogens with zero attached hydrogens (tertiary/aromatic N) is 1. The van der Waals surface area contributed by atoms with Crippen LogP contribution in [0.25, 0.3) is 11.0 Å². The largest absolute Gasteiger partial charge is 0.493 e. The predicted octanol–water partition coefficient (Wildman–Crippen LogP) is 8.69. The molecule has 0 saturated heterocycles. The molecule has 0 fully saturated rings. The molecule has 1 aliphatic heterocycles. The number of nitrogens with two attached hydrogens (primary N) is 1. The van der Waals surface area contributed by atoms with Crippen LogP contribution >= 0.6 is 23.2 Å². The van der Waals surface area contributed by atoms with Crippen LogP contribution in [0.15, 0.2) is 82.6 Å². The van der Waals surface area contributed by atoms with Gasteiger partial charge < -0.3 is 29.1 Å². The highest BCUT2D eigenvalue weighted by Crippen LogP contribution is 2.45. The minimum Gasteiger partial charge on any atom is -0.493 e. The molecule has 8 nitrogen and oxygen atoms in total. The second-order valence-electron chi connectivity index (χ2n) is 10.9. The lowest BCUT2D eigenvalue weighted by atomic mass is 9.83. The minimum absolute atomic E-state index is 0.0564. The van der Waals surface area contributed by atoms with E-state index in [0.717, 1.165) is 22.1 Å². The third kappa shape index (κ3) is 5.60. The van der Waals surface area contributed by atoms with Gasteiger partial charge in [0.05, 0.1) is 13.0 Å². The second-order valence-corrected chi connectivity index (χ2v) is 11.7. The van der Waals surface area contributed by atoms with Gasteiger partial charge in [-0.2, -0.15) is 5.26 Å². The normalized spacial score (nSPS) is 14.0. The molecule has 0 amide bonds. The van der Waals surface area contributed by atoms with Gasteiger partial charge in [0, 0.05) is 38.2 Å². The van der Waals surface area contributed by atoms with Crippen LogP contribution in [-0.2, 0) is 6.61 Å². The fourth-order valence-corrected chi connectivity index (χ4v) is 5.95. The van der Waals surface area contributed by atoms with Gasteiger partial charge in [-0.1, -0.05) is 53.5 Å². The molecule has 46 heavy (non-hydrogen) atoms. The molecule has 0 aliphatic carbocycles. The van der Waals surface area contributed by atoms with Crippen LogP contribution in [0.5, 0.6) is 23.0 Å². The quantitative estimate of drug-likeness (QED) is 0.137. The van der Waals surface area contributed by atoms with Gasteiger partial charge >= 0.3 is 5.97 Å². The molecule has 5 aromatic rings. The molecule has 0 radical (unpaired) electrons. The number of fused-ring (bicyclic) bond motifs is 2. The number of rotatable bonds is 7. The van der Waals surface area contributed by atoms with E-state index < -0.39 is 11.9 Å². The highest BCUT2D eigenvalue weighted by atomic mass is 35.5. The number of allylic oxidation sites excluding steroid dienone is 1. The van der Waals surface area contributed by atoms with Gasteiger partial charge in [-0.05, 0) is 67.8 Å². The number of hydrogen-bond donors (Lipinski definition) is 1. The Balaban J connectivity index is 1.29. The molecule has 0 spiro atoms. The van der Waals surface area contributed by atoms with Crippen molar-refractivity contribution in [2.45, 2.75) is 33.3 Å². The molecule has 1 aromatic heterocycles. The molecule has 0 saturated carbocycles. The van der Waals surface area contributed by atoms with Crippen molar-refractivity contribution in [3.63, 3.8) is 0 Å². The summed E-state index contributed by atoms with van der Waals surface area (Å²) in [4.78, 5) is 13.2. The van der Waals surface area contributed by atoms with Crippen molar-refractivity contribution in [3.8, 4) is 29.1 Å². The van der Waals surface area contributed by atoms with Gasteiger partial charge in [-0.25, -0.2) is 4.79 Å². The van der Waals surface area contributed by atoms with Crippen LogP contribution in [0.2, 0.25) is 10.0 Å². The Morgan fingerprint density at radius 2 is 1.78 bits per heavy atom. The van der Waals surface area contributed by atoms with Crippen molar-refractivity contribution in [2.24, 2.45) is 5.73 Å². The molecular weight excluding hydrogens is 627 g/mol. The van der Waals surface area contributed by atoms with Crippen LogP contribution in [0.3, 0.4) is 0 Å². The summed E-state index contributed by atoms with van der Waals surface area (Å²) in [5.41, 5.74) is 12.0. The van der Waals surface area contributed by atoms with Gasteiger partial charge in [0.1, 0.15) is 35.3 Å². The van der Waals surface area contributed by atoms with Crippen molar-refractivity contribution in [1.82, 2.24) is 0 Å². The maximum absolute atomic E-state index is 13.2. The van der Waals surface area contributed by atoms with Gasteiger partial charge in [0.2, 0.25) is 11.6 Å². The monoisotopic (exact) mass is 654 g/mol. The lowest BCUT2D eigenvalue weighted by Crippen LogP contribution is -2.21. The Labute approximate surface area is 275 Å². The topological polar surface area (TPSA) is 117 Å². The average molecular weight is 656 g/mol. The van der Waals surface area contributed by atoms with Gasteiger partial charge in [0.25, 0.3) is 0 Å². The summed E-state index contributed by atoms with van der Waals surface area (Å²) in [7, 11) is 1.53. The first-order valence-corrected chi connectivity index (χ1v) is 15.0. The van der Waals surface area contributed by atoms with E-state index in [1.807, 2.05) is 39.0 Å². The Morgan fingerprint density at radius 1 is 0.978 bits per heavy atom. The number of carbonyl (C=O) groups excluding carboxylic acids is 1. The van der Waals surface area contributed by atoms with Crippen LogP contribution in [-0.4, -0.2) is 13.1 Å². The van der Waals surface area contributed by atoms with E-state index in [-0.39, 0.29) is 29.6 Å². The highest BCUT2D eigenvalue weighted by molar-refractivity contribution is 6.35. The Morgan fingerprint density at radius 3 is 2.52 bits per heavy atom.